The van der Waals surface area contributed by atoms with E-state index < -0.39 is 5.97 Å². The average molecular weight is 353 g/mol. The molecule has 134 valence electrons. The quantitative estimate of drug-likeness (QED) is 0.743. The second-order valence-corrected chi connectivity index (χ2v) is 5.94. The van der Waals surface area contributed by atoms with Gasteiger partial charge in [0.05, 0.1) is 5.56 Å². The van der Waals surface area contributed by atoms with Crippen LogP contribution in [0.4, 0.5) is 16.2 Å². The molecule has 1 fully saturated rings. The maximum absolute atomic E-state index is 12.2. The summed E-state index contributed by atoms with van der Waals surface area (Å²) >= 11 is 0. The summed E-state index contributed by atoms with van der Waals surface area (Å²) in [6.07, 6.45) is 0.501. The van der Waals surface area contributed by atoms with Gasteiger partial charge in [-0.2, -0.15) is 0 Å². The molecule has 3 amide bonds. The summed E-state index contributed by atoms with van der Waals surface area (Å²) in [5.41, 5.74) is 2.15. The third kappa shape index (κ3) is 4.00. The van der Waals surface area contributed by atoms with Crippen LogP contribution in [0.5, 0.6) is 0 Å². The molecule has 0 saturated carbocycles. The van der Waals surface area contributed by atoms with Gasteiger partial charge in [-0.15, -0.1) is 0 Å². The van der Waals surface area contributed by atoms with Crippen LogP contribution >= 0.6 is 0 Å². The molecule has 26 heavy (non-hydrogen) atoms. The Morgan fingerprint density at radius 1 is 1.15 bits per heavy atom. The van der Waals surface area contributed by atoms with Crippen LogP contribution in [0.2, 0.25) is 0 Å². The van der Waals surface area contributed by atoms with Crippen LogP contribution in [-0.2, 0) is 11.2 Å². The number of carboxylic acid groups (broad SMARTS) is 1. The first-order chi connectivity index (χ1) is 12.5. The predicted molar refractivity (Wildman–Crippen MR) is 97.5 cm³/mol. The Bertz CT molecular complexity index is 850. The standard InChI is InChI=1S/C19H19N3O4/c23-17(9-8-13-4-1-2-7-16(13)18(24)25)21-14-5-3-6-15(12-14)22-11-10-20-19(22)26/h1-7,12H,8-11H2,(H,20,26)(H,21,23)(H,24,25). The van der Waals surface area contributed by atoms with Gasteiger partial charge >= 0.3 is 12.0 Å². The normalized spacial score (nSPS) is 13.4. The lowest BCUT2D eigenvalue weighted by atomic mass is 10.0. The predicted octanol–water partition coefficient (Wildman–Crippen LogP) is 2.49. The fraction of sp³-hybridized carbons (Fsp3) is 0.211. The van der Waals surface area contributed by atoms with Crippen molar-refractivity contribution in [2.75, 3.05) is 23.3 Å². The molecule has 2 aromatic rings. The van der Waals surface area contributed by atoms with Crippen molar-refractivity contribution in [3.8, 4) is 0 Å². The van der Waals surface area contributed by atoms with E-state index in [0.717, 1.165) is 0 Å². The van der Waals surface area contributed by atoms with Crippen molar-refractivity contribution in [3.05, 3.63) is 59.7 Å². The number of urea groups is 1. The topological polar surface area (TPSA) is 98.7 Å². The highest BCUT2D eigenvalue weighted by atomic mass is 16.4. The monoisotopic (exact) mass is 353 g/mol. The molecule has 0 aromatic heterocycles. The Morgan fingerprint density at radius 2 is 1.96 bits per heavy atom. The van der Waals surface area contributed by atoms with Crippen molar-refractivity contribution >= 4 is 29.3 Å². The Balaban J connectivity index is 1.62. The number of hydrogen-bond donors (Lipinski definition) is 3. The number of rotatable bonds is 6. The van der Waals surface area contributed by atoms with E-state index in [2.05, 4.69) is 10.6 Å². The van der Waals surface area contributed by atoms with Gasteiger partial charge in [-0.25, -0.2) is 9.59 Å². The lowest BCUT2D eigenvalue weighted by molar-refractivity contribution is -0.116. The summed E-state index contributed by atoms with van der Waals surface area (Å²) in [6.45, 7) is 1.18. The van der Waals surface area contributed by atoms with Crippen LogP contribution in [0.15, 0.2) is 48.5 Å². The minimum Gasteiger partial charge on any atom is -0.478 e. The molecule has 0 aliphatic carbocycles. The second kappa shape index (κ2) is 7.69. The van der Waals surface area contributed by atoms with E-state index in [4.69, 9.17) is 0 Å². The lowest BCUT2D eigenvalue weighted by Gasteiger charge is -2.15. The van der Waals surface area contributed by atoms with Gasteiger partial charge in [0.15, 0.2) is 0 Å². The molecule has 0 atom stereocenters. The minimum atomic E-state index is -1.00. The second-order valence-electron chi connectivity index (χ2n) is 5.94. The Morgan fingerprint density at radius 3 is 2.69 bits per heavy atom. The van der Waals surface area contributed by atoms with Gasteiger partial charge in [-0.05, 0) is 36.2 Å². The number of benzene rings is 2. The number of nitrogens with one attached hydrogen (secondary N) is 2. The number of anilines is 2. The zero-order chi connectivity index (χ0) is 18.5. The van der Waals surface area contributed by atoms with Crippen molar-refractivity contribution in [3.63, 3.8) is 0 Å². The number of nitrogens with zero attached hydrogens (tertiary/aromatic N) is 1. The third-order valence-corrected chi connectivity index (χ3v) is 4.17. The van der Waals surface area contributed by atoms with E-state index in [1.54, 1.807) is 41.3 Å². The third-order valence-electron chi connectivity index (χ3n) is 4.17. The first-order valence-electron chi connectivity index (χ1n) is 8.31. The van der Waals surface area contributed by atoms with E-state index in [1.807, 2.05) is 6.07 Å². The number of carbonyl (C=O) groups excluding carboxylic acids is 2. The van der Waals surface area contributed by atoms with E-state index in [0.29, 0.717) is 36.4 Å². The van der Waals surface area contributed by atoms with Gasteiger partial charge in [-0.1, -0.05) is 24.3 Å². The first kappa shape index (κ1) is 17.5. The van der Waals surface area contributed by atoms with Gasteiger partial charge in [0.25, 0.3) is 0 Å². The van der Waals surface area contributed by atoms with Crippen molar-refractivity contribution < 1.29 is 19.5 Å². The highest BCUT2D eigenvalue weighted by molar-refractivity contribution is 5.96. The molecule has 1 heterocycles. The minimum absolute atomic E-state index is 0.154. The summed E-state index contributed by atoms with van der Waals surface area (Å²) in [5.74, 6) is -1.22. The van der Waals surface area contributed by atoms with Crippen LogP contribution in [-0.4, -0.2) is 36.1 Å². The maximum Gasteiger partial charge on any atom is 0.335 e. The molecule has 7 heteroatoms. The van der Waals surface area contributed by atoms with Gasteiger partial charge < -0.3 is 15.7 Å². The summed E-state index contributed by atoms with van der Waals surface area (Å²) < 4.78 is 0. The average Bonchev–Trinajstić information content (AvgIpc) is 3.06. The first-order valence-corrected chi connectivity index (χ1v) is 8.31. The zero-order valence-electron chi connectivity index (χ0n) is 14.1. The molecule has 1 aliphatic heterocycles. The SMILES string of the molecule is O=C(CCc1ccccc1C(=O)O)Nc1cccc(N2CCNC2=O)c1. The number of hydrogen-bond acceptors (Lipinski definition) is 3. The summed E-state index contributed by atoms with van der Waals surface area (Å²) in [4.78, 5) is 36.8. The smallest absolute Gasteiger partial charge is 0.335 e. The summed E-state index contributed by atoms with van der Waals surface area (Å²) in [6, 6.07) is 13.6. The fourth-order valence-electron chi connectivity index (χ4n) is 2.89. The molecule has 0 bridgehead atoms. The molecule has 0 spiro atoms. The van der Waals surface area contributed by atoms with Crippen LogP contribution < -0.4 is 15.5 Å². The fourth-order valence-corrected chi connectivity index (χ4v) is 2.89. The number of aromatic carboxylic acids is 1. The number of aryl methyl sites for hydroxylation is 1. The number of amides is 3. The molecule has 3 rings (SSSR count). The van der Waals surface area contributed by atoms with E-state index in [-0.39, 0.29) is 23.9 Å². The molecule has 1 aliphatic rings. The molecule has 7 nitrogen and oxygen atoms in total. The van der Waals surface area contributed by atoms with Crippen LogP contribution in [0, 0.1) is 0 Å². The van der Waals surface area contributed by atoms with Gasteiger partial charge in [-0.3, -0.25) is 9.69 Å². The van der Waals surface area contributed by atoms with E-state index in [1.165, 1.54) is 6.07 Å². The largest absolute Gasteiger partial charge is 0.478 e. The van der Waals surface area contributed by atoms with Gasteiger partial charge in [0, 0.05) is 30.9 Å². The molecular formula is C19H19N3O4. The van der Waals surface area contributed by atoms with Crippen molar-refractivity contribution in [2.24, 2.45) is 0 Å². The number of carbonyl (C=O) groups is 3. The van der Waals surface area contributed by atoms with Crippen molar-refractivity contribution in [1.29, 1.82) is 0 Å². The van der Waals surface area contributed by atoms with Crippen molar-refractivity contribution in [2.45, 2.75) is 12.8 Å². The Kier molecular flexibility index (Phi) is 5.17. The Labute approximate surface area is 150 Å². The zero-order valence-corrected chi connectivity index (χ0v) is 14.1. The molecule has 1 saturated heterocycles. The molecule has 3 N–H and O–H groups in total. The van der Waals surface area contributed by atoms with Crippen molar-refractivity contribution in [1.82, 2.24) is 5.32 Å². The molecule has 0 unspecified atom stereocenters. The summed E-state index contributed by atoms with van der Waals surface area (Å²) in [5, 5.41) is 14.7. The molecule has 2 aromatic carbocycles. The van der Waals surface area contributed by atoms with Crippen LogP contribution in [0.3, 0.4) is 0 Å². The molecular weight excluding hydrogens is 334 g/mol. The Hall–Kier alpha value is -3.35. The number of carboxylic acids is 1. The molecule has 0 radical (unpaired) electrons. The lowest BCUT2D eigenvalue weighted by Crippen LogP contribution is -2.27. The maximum atomic E-state index is 12.2. The highest BCUT2D eigenvalue weighted by Crippen LogP contribution is 2.21. The van der Waals surface area contributed by atoms with Gasteiger partial charge in [0.2, 0.25) is 5.91 Å². The summed E-state index contributed by atoms with van der Waals surface area (Å²) in [7, 11) is 0. The van der Waals surface area contributed by atoms with E-state index in [9.17, 15) is 19.5 Å². The van der Waals surface area contributed by atoms with E-state index >= 15 is 0 Å². The van der Waals surface area contributed by atoms with Crippen LogP contribution in [0.1, 0.15) is 22.3 Å². The van der Waals surface area contributed by atoms with Crippen LogP contribution in [0.25, 0.3) is 0 Å². The highest BCUT2D eigenvalue weighted by Gasteiger charge is 2.21. The van der Waals surface area contributed by atoms with Gasteiger partial charge in [0.1, 0.15) is 0 Å².